The Balaban J connectivity index is 1.17. The average Bonchev–Trinajstić information content (AvgIpc) is 3.06. The van der Waals surface area contributed by atoms with E-state index in [4.69, 9.17) is 9.47 Å². The second-order valence-corrected chi connectivity index (χ2v) is 14.5. The molecule has 1 saturated carbocycles. The molecule has 4 amide bonds. The van der Waals surface area contributed by atoms with Gasteiger partial charge in [0.2, 0.25) is 23.6 Å². The number of piperidine rings is 1. The molecule has 6 rings (SSSR count). The van der Waals surface area contributed by atoms with Crippen LogP contribution in [0.25, 0.3) is 0 Å². The van der Waals surface area contributed by atoms with E-state index in [2.05, 4.69) is 21.3 Å². The van der Waals surface area contributed by atoms with Crippen LogP contribution in [0.5, 0.6) is 5.75 Å². The fourth-order valence-corrected chi connectivity index (χ4v) is 7.49. The summed E-state index contributed by atoms with van der Waals surface area (Å²) in [6.07, 6.45) is 5.63. The highest BCUT2D eigenvalue weighted by atomic mass is 16.5. The van der Waals surface area contributed by atoms with Crippen LogP contribution in [0.15, 0.2) is 48.5 Å². The zero-order chi connectivity index (χ0) is 34.2. The van der Waals surface area contributed by atoms with Crippen LogP contribution in [0.2, 0.25) is 0 Å². The number of ether oxygens (including phenoxy) is 2. The van der Waals surface area contributed by atoms with E-state index >= 15 is 0 Å². The van der Waals surface area contributed by atoms with Crippen molar-refractivity contribution in [2.75, 3.05) is 39.4 Å². The third-order valence-corrected chi connectivity index (χ3v) is 10.7. The smallest absolute Gasteiger partial charge is 0.243 e. The van der Waals surface area contributed by atoms with Crippen LogP contribution < -0.4 is 26.0 Å². The number of carbonyl (C=O) groups excluding carboxylic acids is 4. The molecule has 49 heavy (non-hydrogen) atoms. The zero-order valence-electron chi connectivity index (χ0n) is 28.6. The van der Waals surface area contributed by atoms with Crippen LogP contribution in [0.1, 0.15) is 68.1 Å². The van der Waals surface area contributed by atoms with Crippen molar-refractivity contribution in [3.05, 3.63) is 65.2 Å². The second-order valence-electron chi connectivity index (χ2n) is 14.5. The lowest BCUT2D eigenvalue weighted by atomic mass is 9.63. The lowest BCUT2D eigenvalue weighted by molar-refractivity contribution is -0.138. The number of hydrogen-bond donors (Lipinski definition) is 4. The van der Waals surface area contributed by atoms with Crippen LogP contribution in [0.3, 0.4) is 0 Å². The molecule has 2 saturated heterocycles. The van der Waals surface area contributed by atoms with E-state index in [0.717, 1.165) is 67.6 Å². The Hall–Kier alpha value is -3.96. The summed E-state index contributed by atoms with van der Waals surface area (Å²) in [7, 11) is 0. The predicted octanol–water partition coefficient (Wildman–Crippen LogP) is 2.78. The van der Waals surface area contributed by atoms with Gasteiger partial charge in [-0.2, -0.15) is 0 Å². The molecule has 3 heterocycles. The first-order valence-electron chi connectivity index (χ1n) is 18.0. The Kier molecular flexibility index (Phi) is 11.5. The molecule has 2 aromatic rings. The van der Waals surface area contributed by atoms with Crippen molar-refractivity contribution in [3.63, 3.8) is 0 Å². The molecule has 3 atom stereocenters. The molecule has 264 valence electrons. The number of fused-ring (bicyclic) bond motifs is 4. The van der Waals surface area contributed by atoms with Crippen LogP contribution in [0, 0.1) is 18.3 Å². The molecule has 0 radical (unpaired) electrons. The maximum absolute atomic E-state index is 13.9. The van der Waals surface area contributed by atoms with E-state index in [9.17, 15) is 19.2 Å². The minimum Gasteiger partial charge on any atom is -0.494 e. The fraction of sp³-hybridized carbons (Fsp3) is 0.579. The minimum absolute atomic E-state index is 0.0852. The van der Waals surface area contributed by atoms with Crippen molar-refractivity contribution in [3.8, 4) is 5.75 Å². The van der Waals surface area contributed by atoms with E-state index < -0.39 is 18.0 Å². The number of carbonyl (C=O) groups is 4. The van der Waals surface area contributed by atoms with Gasteiger partial charge < -0.3 is 35.6 Å². The first kappa shape index (κ1) is 34.9. The van der Waals surface area contributed by atoms with E-state index in [1.165, 1.54) is 0 Å². The number of hydrogen-bond acceptors (Lipinski definition) is 7. The third kappa shape index (κ3) is 9.39. The highest BCUT2D eigenvalue weighted by Gasteiger charge is 2.48. The molecule has 3 aliphatic heterocycles. The summed E-state index contributed by atoms with van der Waals surface area (Å²) in [5.74, 6) is -0.404. The molecule has 4 N–H and O–H groups in total. The molecule has 2 aromatic carbocycles. The summed E-state index contributed by atoms with van der Waals surface area (Å²) in [5.41, 5.74) is 3.37. The molecular formula is C38H51N5O6. The maximum Gasteiger partial charge on any atom is 0.243 e. The van der Waals surface area contributed by atoms with E-state index in [0.29, 0.717) is 38.0 Å². The first-order chi connectivity index (χ1) is 23.7. The van der Waals surface area contributed by atoms with E-state index in [-0.39, 0.29) is 55.7 Å². The molecule has 1 spiro atoms. The van der Waals surface area contributed by atoms with Crippen molar-refractivity contribution in [1.82, 2.24) is 26.2 Å². The van der Waals surface area contributed by atoms with E-state index in [1.54, 1.807) is 4.90 Å². The summed E-state index contributed by atoms with van der Waals surface area (Å²) in [5, 5.41) is 12.1. The number of amides is 4. The van der Waals surface area contributed by atoms with Gasteiger partial charge in [-0.25, -0.2) is 0 Å². The fourth-order valence-electron chi connectivity index (χ4n) is 7.49. The van der Waals surface area contributed by atoms with Gasteiger partial charge in [0.15, 0.2) is 0 Å². The molecule has 3 fully saturated rings. The van der Waals surface area contributed by atoms with Gasteiger partial charge in [0.1, 0.15) is 17.8 Å². The Morgan fingerprint density at radius 3 is 2.65 bits per heavy atom. The number of aryl methyl sites for hydroxylation is 2. The number of rotatable bonds is 8. The van der Waals surface area contributed by atoms with Gasteiger partial charge in [-0.05, 0) is 86.6 Å². The standard InChI is InChI=1S/C38H51N5O6/c1-26-9-11-30-18-29(26)22-40-36(46)32(12-10-27-6-3-2-4-7-27)42-37(47)33(19-35(45)43-15-5-8-28(23-43)13-16-48-30)41-34(44)14-17-49-31-20-38(21-31)24-39-25-38/h2-4,6-7,9,11,18,28,31-33,39H,5,8,10,12-17,19-25H2,1H3,(H,40,46)(H,41,44)(H,42,47)/t28?,32-,33-/m0/s1. The molecule has 0 aromatic heterocycles. The van der Waals surface area contributed by atoms with Gasteiger partial charge in [0.25, 0.3) is 0 Å². The lowest BCUT2D eigenvalue weighted by Crippen LogP contribution is -2.62. The highest BCUT2D eigenvalue weighted by Crippen LogP contribution is 2.45. The number of nitrogens with zero attached hydrogens (tertiary/aromatic N) is 1. The van der Waals surface area contributed by atoms with Gasteiger partial charge in [0.05, 0.1) is 25.7 Å². The normalized spacial score (nSPS) is 24.7. The van der Waals surface area contributed by atoms with Crippen LogP contribution in [-0.2, 0) is 36.9 Å². The minimum atomic E-state index is -1.12. The third-order valence-electron chi connectivity index (χ3n) is 10.7. The lowest BCUT2D eigenvalue weighted by Gasteiger charge is -2.54. The SMILES string of the molecule is Cc1ccc2cc1CNC(=O)[C@H](CCc1ccccc1)NC(=O)[C@@H](NC(=O)CCOC1CC3(CNC3)C1)CC(=O)N1CCCC(CCO2)C1. The van der Waals surface area contributed by atoms with Gasteiger partial charge >= 0.3 is 0 Å². The predicted molar refractivity (Wildman–Crippen MR) is 185 cm³/mol. The quantitative estimate of drug-likeness (QED) is 0.338. The largest absolute Gasteiger partial charge is 0.494 e. The Bertz CT molecular complexity index is 1470. The Morgan fingerprint density at radius 2 is 1.88 bits per heavy atom. The van der Waals surface area contributed by atoms with Crippen molar-refractivity contribution >= 4 is 23.6 Å². The summed E-state index contributed by atoms with van der Waals surface area (Å²) >= 11 is 0. The Labute approximate surface area is 289 Å². The molecule has 11 nitrogen and oxygen atoms in total. The molecular weight excluding hydrogens is 622 g/mol. The van der Waals surface area contributed by atoms with E-state index in [1.807, 2.05) is 55.5 Å². The monoisotopic (exact) mass is 673 g/mol. The summed E-state index contributed by atoms with van der Waals surface area (Å²) in [6.45, 7) is 6.28. The zero-order valence-corrected chi connectivity index (χ0v) is 28.6. The summed E-state index contributed by atoms with van der Waals surface area (Å²) < 4.78 is 12.1. The van der Waals surface area contributed by atoms with Gasteiger partial charge in [-0.3, -0.25) is 19.2 Å². The van der Waals surface area contributed by atoms with Crippen molar-refractivity contribution in [2.45, 2.75) is 89.4 Å². The maximum atomic E-state index is 13.9. The van der Waals surface area contributed by atoms with Gasteiger partial charge in [0, 0.05) is 44.6 Å². The van der Waals surface area contributed by atoms with Crippen molar-refractivity contribution in [2.24, 2.45) is 11.3 Å². The summed E-state index contributed by atoms with van der Waals surface area (Å²) in [4.78, 5) is 56.3. The van der Waals surface area contributed by atoms with Crippen molar-refractivity contribution < 1.29 is 28.7 Å². The van der Waals surface area contributed by atoms with Crippen LogP contribution in [-0.4, -0.2) is 86.1 Å². The molecule has 4 bridgehead atoms. The second kappa shape index (κ2) is 16.2. The summed E-state index contributed by atoms with van der Waals surface area (Å²) in [6, 6.07) is 13.7. The molecule has 1 aliphatic carbocycles. The molecule has 1 unspecified atom stereocenters. The number of benzene rings is 2. The van der Waals surface area contributed by atoms with Gasteiger partial charge in [-0.1, -0.05) is 36.4 Å². The molecule has 4 aliphatic rings. The first-order valence-corrected chi connectivity index (χ1v) is 18.0. The Morgan fingerprint density at radius 1 is 1.06 bits per heavy atom. The van der Waals surface area contributed by atoms with Crippen molar-refractivity contribution in [1.29, 1.82) is 0 Å². The van der Waals surface area contributed by atoms with Crippen LogP contribution in [0.4, 0.5) is 0 Å². The molecule has 11 heteroatoms. The highest BCUT2D eigenvalue weighted by molar-refractivity contribution is 5.95. The number of nitrogens with one attached hydrogen (secondary N) is 4. The average molecular weight is 674 g/mol. The van der Waals surface area contributed by atoms with Crippen LogP contribution >= 0.6 is 0 Å². The topological polar surface area (TPSA) is 138 Å². The van der Waals surface area contributed by atoms with Gasteiger partial charge in [-0.15, -0.1) is 0 Å².